The van der Waals surface area contributed by atoms with Crippen molar-refractivity contribution in [2.45, 2.75) is 13.3 Å². The van der Waals surface area contributed by atoms with E-state index in [2.05, 4.69) is 27.9 Å². The van der Waals surface area contributed by atoms with Gasteiger partial charge >= 0.3 is 0 Å². The van der Waals surface area contributed by atoms with Crippen LogP contribution < -0.4 is 4.90 Å². The second-order valence-corrected chi connectivity index (χ2v) is 8.23. The van der Waals surface area contributed by atoms with Gasteiger partial charge in [0.05, 0.1) is 5.39 Å². The molecule has 1 fully saturated rings. The zero-order chi connectivity index (χ0) is 19.5. The molecule has 2 aromatic heterocycles. The van der Waals surface area contributed by atoms with Gasteiger partial charge in [0.15, 0.2) is 0 Å². The van der Waals surface area contributed by atoms with Crippen molar-refractivity contribution in [3.05, 3.63) is 58.2 Å². The highest BCUT2D eigenvalue weighted by atomic mass is 35.5. The molecule has 0 bridgehead atoms. The number of piperazine rings is 1. The molecule has 1 aliphatic rings. The predicted octanol–water partition coefficient (Wildman–Crippen LogP) is 4.27. The van der Waals surface area contributed by atoms with Gasteiger partial charge in [-0.1, -0.05) is 30.7 Å². The van der Waals surface area contributed by atoms with Crippen LogP contribution in [0.4, 0.5) is 5.82 Å². The van der Waals surface area contributed by atoms with Crippen molar-refractivity contribution in [3.63, 3.8) is 0 Å². The smallest absolute Gasteiger partial charge is 0.246 e. The van der Waals surface area contributed by atoms with Crippen LogP contribution in [0.1, 0.15) is 17.4 Å². The van der Waals surface area contributed by atoms with Crippen LogP contribution >= 0.6 is 22.9 Å². The van der Waals surface area contributed by atoms with Crippen molar-refractivity contribution in [1.82, 2.24) is 14.9 Å². The number of thiophene rings is 1. The lowest BCUT2D eigenvalue weighted by molar-refractivity contribution is -0.126. The molecule has 1 amide bonds. The Bertz CT molecular complexity index is 1020. The van der Waals surface area contributed by atoms with E-state index >= 15 is 0 Å². The minimum atomic E-state index is 0.0243. The molecule has 0 aliphatic carbocycles. The van der Waals surface area contributed by atoms with Crippen LogP contribution in [0.3, 0.4) is 0 Å². The number of aryl methyl sites for hydroxylation is 1. The largest absolute Gasteiger partial charge is 0.352 e. The fourth-order valence-corrected chi connectivity index (χ4v) is 4.47. The Morgan fingerprint density at radius 1 is 1.21 bits per heavy atom. The topological polar surface area (TPSA) is 49.3 Å². The molecule has 1 aliphatic heterocycles. The third-order valence-electron chi connectivity index (χ3n) is 4.87. The number of carbonyl (C=O) groups excluding carboxylic acids is 1. The lowest BCUT2D eigenvalue weighted by atomic mass is 10.2. The van der Waals surface area contributed by atoms with E-state index in [4.69, 9.17) is 11.6 Å². The van der Waals surface area contributed by atoms with Gasteiger partial charge in [-0.05, 0) is 36.3 Å². The van der Waals surface area contributed by atoms with E-state index in [1.54, 1.807) is 23.7 Å². The minimum absolute atomic E-state index is 0.0243. The van der Waals surface area contributed by atoms with Gasteiger partial charge in [-0.2, -0.15) is 0 Å². The summed E-state index contributed by atoms with van der Waals surface area (Å²) < 4.78 is 0. The first-order chi connectivity index (χ1) is 13.6. The molecule has 3 aromatic rings. The summed E-state index contributed by atoms with van der Waals surface area (Å²) in [5.41, 5.74) is 0.923. The quantitative estimate of drug-likeness (QED) is 0.600. The number of nitrogens with zero attached hydrogens (tertiary/aromatic N) is 4. The number of halogens is 1. The number of carbonyl (C=O) groups is 1. The molecule has 4 rings (SSSR count). The summed E-state index contributed by atoms with van der Waals surface area (Å²) in [5.74, 6) is 0.999. The zero-order valence-corrected chi connectivity index (χ0v) is 17.2. The summed E-state index contributed by atoms with van der Waals surface area (Å²) in [5, 5.41) is 1.78. The molecule has 3 heterocycles. The van der Waals surface area contributed by atoms with Crippen molar-refractivity contribution in [1.29, 1.82) is 0 Å². The molecular formula is C21H21ClN4OS. The monoisotopic (exact) mass is 412 g/mol. The molecule has 0 unspecified atom stereocenters. The van der Waals surface area contributed by atoms with Gasteiger partial charge in [-0.15, -0.1) is 11.3 Å². The number of hydrogen-bond donors (Lipinski definition) is 0. The Kier molecular flexibility index (Phi) is 5.59. The van der Waals surface area contributed by atoms with Crippen molar-refractivity contribution in [2.24, 2.45) is 0 Å². The van der Waals surface area contributed by atoms with E-state index < -0.39 is 0 Å². The number of aromatic nitrogens is 2. The minimum Gasteiger partial charge on any atom is -0.352 e. The highest BCUT2D eigenvalue weighted by Gasteiger charge is 2.22. The predicted molar refractivity (Wildman–Crippen MR) is 116 cm³/mol. The number of fused-ring (bicyclic) bond motifs is 1. The van der Waals surface area contributed by atoms with Crippen LogP contribution in [-0.2, 0) is 11.2 Å². The Balaban J connectivity index is 1.42. The SMILES string of the molecule is CCc1cc2c(N3CCN(C(=O)/C=C/c4cccc(Cl)c4)CC3)ncnc2s1. The third-order valence-corrected chi connectivity index (χ3v) is 6.29. The van der Waals surface area contributed by atoms with Gasteiger partial charge in [-0.25, -0.2) is 9.97 Å². The fourth-order valence-electron chi connectivity index (χ4n) is 3.34. The summed E-state index contributed by atoms with van der Waals surface area (Å²) in [4.78, 5) is 27.9. The molecule has 7 heteroatoms. The maximum atomic E-state index is 12.5. The Morgan fingerprint density at radius 2 is 2.04 bits per heavy atom. The number of anilines is 1. The summed E-state index contributed by atoms with van der Waals surface area (Å²) in [6.07, 6.45) is 6.07. The lowest BCUT2D eigenvalue weighted by Crippen LogP contribution is -2.48. The van der Waals surface area contributed by atoms with Crippen LogP contribution in [0.15, 0.2) is 42.7 Å². The number of amides is 1. The first-order valence-corrected chi connectivity index (χ1v) is 10.5. The van der Waals surface area contributed by atoms with Crippen LogP contribution in [-0.4, -0.2) is 47.0 Å². The van der Waals surface area contributed by atoms with Gasteiger partial charge in [0.2, 0.25) is 5.91 Å². The second kappa shape index (κ2) is 8.29. The van der Waals surface area contributed by atoms with E-state index in [0.717, 1.165) is 41.1 Å². The van der Waals surface area contributed by atoms with Crippen LogP contribution in [0.5, 0.6) is 0 Å². The second-order valence-electron chi connectivity index (χ2n) is 6.68. The average Bonchev–Trinajstić information content (AvgIpc) is 3.16. The number of rotatable bonds is 4. The first kappa shape index (κ1) is 18.9. The average molecular weight is 413 g/mol. The molecule has 0 spiro atoms. The molecule has 0 atom stereocenters. The normalized spacial score (nSPS) is 14.9. The van der Waals surface area contributed by atoms with E-state index in [9.17, 15) is 4.79 Å². The molecule has 144 valence electrons. The maximum Gasteiger partial charge on any atom is 0.246 e. The van der Waals surface area contributed by atoms with E-state index in [1.165, 1.54) is 4.88 Å². The highest BCUT2D eigenvalue weighted by molar-refractivity contribution is 7.18. The Labute approximate surface area is 173 Å². The van der Waals surface area contributed by atoms with Crippen LogP contribution in [0.2, 0.25) is 5.02 Å². The molecule has 0 radical (unpaired) electrons. The zero-order valence-electron chi connectivity index (χ0n) is 15.6. The fraction of sp³-hybridized carbons (Fsp3) is 0.286. The highest BCUT2D eigenvalue weighted by Crippen LogP contribution is 2.30. The van der Waals surface area contributed by atoms with Gasteiger partial charge < -0.3 is 9.80 Å². The number of benzene rings is 1. The molecule has 28 heavy (non-hydrogen) atoms. The van der Waals surface area contributed by atoms with Gasteiger partial charge in [0, 0.05) is 42.2 Å². The van der Waals surface area contributed by atoms with Crippen molar-refractivity contribution in [3.8, 4) is 0 Å². The van der Waals surface area contributed by atoms with Crippen LogP contribution in [0, 0.1) is 0 Å². The third kappa shape index (κ3) is 4.03. The molecule has 0 N–H and O–H groups in total. The lowest BCUT2D eigenvalue weighted by Gasteiger charge is -2.35. The van der Waals surface area contributed by atoms with E-state index in [1.807, 2.05) is 35.2 Å². The number of hydrogen-bond acceptors (Lipinski definition) is 5. The summed E-state index contributed by atoms with van der Waals surface area (Å²) in [6, 6.07) is 9.66. The summed E-state index contributed by atoms with van der Waals surface area (Å²) in [6.45, 7) is 5.03. The van der Waals surface area contributed by atoms with Gasteiger partial charge in [-0.3, -0.25) is 4.79 Å². The van der Waals surface area contributed by atoms with E-state index in [0.29, 0.717) is 18.1 Å². The summed E-state index contributed by atoms with van der Waals surface area (Å²) in [7, 11) is 0. The van der Waals surface area contributed by atoms with Gasteiger partial charge in [0.1, 0.15) is 17.0 Å². The van der Waals surface area contributed by atoms with Crippen LogP contribution in [0.25, 0.3) is 16.3 Å². The van der Waals surface area contributed by atoms with E-state index in [-0.39, 0.29) is 5.91 Å². The van der Waals surface area contributed by atoms with Crippen molar-refractivity contribution in [2.75, 3.05) is 31.1 Å². The van der Waals surface area contributed by atoms with Crippen molar-refractivity contribution < 1.29 is 4.79 Å². The molecule has 5 nitrogen and oxygen atoms in total. The Hall–Kier alpha value is -2.44. The summed E-state index contributed by atoms with van der Waals surface area (Å²) >= 11 is 7.72. The Morgan fingerprint density at radius 3 is 2.79 bits per heavy atom. The van der Waals surface area contributed by atoms with Gasteiger partial charge in [0.25, 0.3) is 0 Å². The maximum absolute atomic E-state index is 12.5. The molecule has 1 aromatic carbocycles. The molecule has 0 saturated carbocycles. The first-order valence-electron chi connectivity index (χ1n) is 9.35. The molecule has 1 saturated heterocycles. The molecular weight excluding hydrogens is 392 g/mol. The van der Waals surface area contributed by atoms with Crippen molar-refractivity contribution >= 4 is 51.0 Å². The standard InChI is InChI=1S/C21H21ClN4OS/c1-2-17-13-18-20(23-14-24-21(18)28-17)26-10-8-25(9-11-26)19(27)7-6-15-4-3-5-16(22)12-15/h3-7,12-14H,2,8-11H2,1H3/b7-6+.